The molecule has 0 aliphatic heterocycles. The number of nitrogens with one attached hydrogen (secondary N) is 2. The molecule has 5 N–H and O–H groups in total. The number of halogens is 1. The molecular formula is C19H25BrN2O5. The van der Waals surface area contributed by atoms with Crippen molar-refractivity contribution < 1.29 is 24.9 Å². The van der Waals surface area contributed by atoms with Crippen LogP contribution >= 0.6 is 15.9 Å². The Morgan fingerprint density at radius 2 is 1.85 bits per heavy atom. The summed E-state index contributed by atoms with van der Waals surface area (Å²) in [5, 5.41) is 32.4. The Labute approximate surface area is 166 Å². The molecule has 148 valence electrons. The Bertz CT molecular complexity index is 804. The fourth-order valence-corrected chi connectivity index (χ4v) is 3.63. The van der Waals surface area contributed by atoms with Gasteiger partial charge in [-0.3, -0.25) is 0 Å². The van der Waals surface area contributed by atoms with Gasteiger partial charge in [0.25, 0.3) is 0 Å². The molecule has 0 saturated carbocycles. The number of carbonyl (C=O) groups excluding carboxylic acids is 1. The topological polar surface area (TPSA) is 115 Å². The Morgan fingerprint density at radius 3 is 2.41 bits per heavy atom. The molecule has 2 aromatic rings. The number of H-pyrrole nitrogens is 1. The van der Waals surface area contributed by atoms with Crippen LogP contribution < -0.4 is 5.32 Å². The number of aromatic amines is 1. The molecule has 27 heavy (non-hydrogen) atoms. The molecule has 0 saturated heterocycles. The highest BCUT2D eigenvalue weighted by Crippen LogP contribution is 2.41. The average molecular weight is 441 g/mol. The van der Waals surface area contributed by atoms with Crippen molar-refractivity contribution in [3.05, 3.63) is 39.0 Å². The zero-order chi connectivity index (χ0) is 20.0. The lowest BCUT2D eigenvalue weighted by Crippen LogP contribution is -2.06. The summed E-state index contributed by atoms with van der Waals surface area (Å²) in [6.07, 6.45) is 0.878. The van der Waals surface area contributed by atoms with Gasteiger partial charge in [0.05, 0.1) is 30.9 Å². The van der Waals surface area contributed by atoms with Crippen LogP contribution in [0.15, 0.2) is 16.6 Å². The molecule has 0 aliphatic rings. The minimum atomic E-state index is -0.491. The third-order valence-corrected chi connectivity index (χ3v) is 5.05. The van der Waals surface area contributed by atoms with E-state index >= 15 is 0 Å². The van der Waals surface area contributed by atoms with Crippen molar-refractivity contribution in [2.24, 2.45) is 0 Å². The van der Waals surface area contributed by atoms with Gasteiger partial charge in [-0.25, -0.2) is 4.79 Å². The maximum Gasteiger partial charge on any atom is 0.355 e. The van der Waals surface area contributed by atoms with E-state index in [0.717, 1.165) is 6.42 Å². The van der Waals surface area contributed by atoms with E-state index < -0.39 is 5.97 Å². The number of anilines is 1. The van der Waals surface area contributed by atoms with Crippen LogP contribution in [0, 0.1) is 0 Å². The summed E-state index contributed by atoms with van der Waals surface area (Å²) in [6, 6.07) is 3.46. The van der Waals surface area contributed by atoms with Crippen LogP contribution in [-0.2, 0) is 24.6 Å². The molecule has 7 nitrogen and oxygen atoms in total. The predicted octanol–water partition coefficient (Wildman–Crippen LogP) is 2.92. The van der Waals surface area contributed by atoms with E-state index in [9.17, 15) is 20.1 Å². The maximum absolute atomic E-state index is 12.3. The fourth-order valence-electron chi connectivity index (χ4n) is 2.96. The second kappa shape index (κ2) is 9.89. The molecule has 0 amide bonds. The van der Waals surface area contributed by atoms with Crippen molar-refractivity contribution in [2.45, 2.75) is 40.1 Å². The van der Waals surface area contributed by atoms with E-state index in [4.69, 9.17) is 4.74 Å². The number of ether oxygens (including phenoxy) is 1. The first-order chi connectivity index (χ1) is 13.0. The molecule has 0 fully saturated rings. The highest BCUT2D eigenvalue weighted by atomic mass is 79.9. The number of aliphatic hydroxyl groups is 3. The largest absolute Gasteiger partial charge is 0.461 e. The molecule has 1 heterocycles. The predicted molar refractivity (Wildman–Crippen MR) is 106 cm³/mol. The number of rotatable bonds is 9. The molecule has 0 bridgehead atoms. The van der Waals surface area contributed by atoms with E-state index in [-0.39, 0.29) is 32.1 Å². The summed E-state index contributed by atoms with van der Waals surface area (Å²) in [4.78, 5) is 15.3. The molecule has 0 radical (unpaired) electrons. The average Bonchev–Trinajstić information content (AvgIpc) is 3.01. The molecule has 1 aromatic carbocycles. The number of esters is 1. The van der Waals surface area contributed by atoms with Crippen LogP contribution in [0.2, 0.25) is 0 Å². The number of hydrogen-bond acceptors (Lipinski definition) is 6. The van der Waals surface area contributed by atoms with E-state index in [1.165, 1.54) is 0 Å². The van der Waals surface area contributed by atoms with Crippen LogP contribution in [0.25, 0.3) is 11.1 Å². The zero-order valence-corrected chi connectivity index (χ0v) is 17.0. The van der Waals surface area contributed by atoms with Gasteiger partial charge in [0.1, 0.15) is 11.5 Å². The van der Waals surface area contributed by atoms with Gasteiger partial charge >= 0.3 is 5.97 Å². The Hall–Kier alpha value is -1.87. The molecular weight excluding hydrogens is 416 g/mol. The van der Waals surface area contributed by atoms with E-state index in [2.05, 4.69) is 26.2 Å². The van der Waals surface area contributed by atoms with Crippen molar-refractivity contribution in [3.8, 4) is 11.1 Å². The van der Waals surface area contributed by atoms with Crippen LogP contribution in [-0.4, -0.2) is 39.4 Å². The van der Waals surface area contributed by atoms with Crippen molar-refractivity contribution in [1.29, 1.82) is 0 Å². The number of hydrogen-bond donors (Lipinski definition) is 5. The normalized spacial score (nSPS) is 10.9. The minimum Gasteiger partial charge on any atom is -0.461 e. The van der Waals surface area contributed by atoms with Gasteiger partial charge < -0.3 is 30.4 Å². The van der Waals surface area contributed by atoms with Crippen molar-refractivity contribution in [2.75, 3.05) is 18.5 Å². The van der Waals surface area contributed by atoms with Gasteiger partial charge in [0.2, 0.25) is 0 Å². The van der Waals surface area contributed by atoms with Gasteiger partial charge in [-0.05, 0) is 51.5 Å². The second-order valence-electron chi connectivity index (χ2n) is 5.91. The first kappa shape index (κ1) is 21.4. The summed E-state index contributed by atoms with van der Waals surface area (Å²) < 4.78 is 5.61. The molecule has 0 aliphatic carbocycles. The summed E-state index contributed by atoms with van der Waals surface area (Å²) in [6.45, 7) is 3.81. The number of carbonyl (C=O) groups is 1. The molecule has 0 spiro atoms. The number of aromatic nitrogens is 1. The molecule has 0 atom stereocenters. The SMILES string of the molecule is CCCNc1[nH]c(C(=O)OCC)c(Br)c1-c1ccc(CO)c(CO)c1CO. The molecule has 1 aromatic heterocycles. The summed E-state index contributed by atoms with van der Waals surface area (Å²) in [5.41, 5.74) is 3.10. The highest BCUT2D eigenvalue weighted by Gasteiger charge is 2.25. The van der Waals surface area contributed by atoms with E-state index in [0.29, 0.717) is 44.7 Å². The lowest BCUT2D eigenvalue weighted by molar-refractivity contribution is 0.0519. The standard InChI is InChI=1S/C19H25BrN2O5/c1-3-7-21-18-15(16(20)17(22-18)19(26)27-4-2)12-6-5-11(8-23)13(9-24)14(12)10-25/h5-6,21-25H,3-4,7-10H2,1-2H3. The van der Waals surface area contributed by atoms with Crippen molar-refractivity contribution in [3.63, 3.8) is 0 Å². The number of benzene rings is 1. The van der Waals surface area contributed by atoms with E-state index in [1.54, 1.807) is 19.1 Å². The zero-order valence-electron chi connectivity index (χ0n) is 15.4. The molecule has 0 unspecified atom stereocenters. The second-order valence-corrected chi connectivity index (χ2v) is 6.71. The monoisotopic (exact) mass is 440 g/mol. The summed E-state index contributed by atoms with van der Waals surface area (Å²) >= 11 is 3.48. The third kappa shape index (κ3) is 4.35. The van der Waals surface area contributed by atoms with E-state index in [1.807, 2.05) is 6.92 Å². The Balaban J connectivity index is 2.71. The summed E-state index contributed by atoms with van der Waals surface area (Å²) in [7, 11) is 0. The highest BCUT2D eigenvalue weighted by molar-refractivity contribution is 9.10. The Kier molecular flexibility index (Phi) is 7.85. The minimum absolute atomic E-state index is 0.244. The van der Waals surface area contributed by atoms with Gasteiger partial charge in [0.15, 0.2) is 0 Å². The van der Waals surface area contributed by atoms with Gasteiger partial charge in [-0.15, -0.1) is 0 Å². The molecule has 2 rings (SSSR count). The first-order valence-corrected chi connectivity index (χ1v) is 9.62. The number of aliphatic hydroxyl groups excluding tert-OH is 3. The lowest BCUT2D eigenvalue weighted by Gasteiger charge is -2.16. The quantitative estimate of drug-likeness (QED) is 0.383. The van der Waals surface area contributed by atoms with Crippen molar-refractivity contribution >= 4 is 27.7 Å². The van der Waals surface area contributed by atoms with Gasteiger partial charge in [-0.1, -0.05) is 19.1 Å². The lowest BCUT2D eigenvalue weighted by atomic mass is 9.93. The van der Waals surface area contributed by atoms with Crippen LogP contribution in [0.4, 0.5) is 5.82 Å². The van der Waals surface area contributed by atoms with Crippen molar-refractivity contribution in [1.82, 2.24) is 4.98 Å². The van der Waals surface area contributed by atoms with Crippen LogP contribution in [0.5, 0.6) is 0 Å². The Morgan fingerprint density at radius 1 is 1.15 bits per heavy atom. The van der Waals surface area contributed by atoms with Crippen LogP contribution in [0.1, 0.15) is 47.4 Å². The summed E-state index contributed by atoms with van der Waals surface area (Å²) in [5.74, 6) is 0.122. The van der Waals surface area contributed by atoms with Crippen LogP contribution in [0.3, 0.4) is 0 Å². The fraction of sp³-hybridized carbons (Fsp3) is 0.421. The van der Waals surface area contributed by atoms with Gasteiger partial charge in [0, 0.05) is 12.1 Å². The van der Waals surface area contributed by atoms with Gasteiger partial charge in [-0.2, -0.15) is 0 Å². The third-order valence-electron chi connectivity index (χ3n) is 4.25. The maximum atomic E-state index is 12.3. The smallest absolute Gasteiger partial charge is 0.355 e. The molecule has 8 heteroatoms. The first-order valence-electron chi connectivity index (χ1n) is 8.82.